The van der Waals surface area contributed by atoms with Gasteiger partial charge in [0, 0.05) is 30.9 Å². The first-order chi connectivity index (χ1) is 14.9. The minimum Gasteiger partial charge on any atom is -0.481 e. The van der Waals surface area contributed by atoms with Crippen molar-refractivity contribution in [3.63, 3.8) is 0 Å². The summed E-state index contributed by atoms with van der Waals surface area (Å²) in [6.07, 6.45) is 2.74. The summed E-state index contributed by atoms with van der Waals surface area (Å²) in [6, 6.07) is 5.37. The summed E-state index contributed by atoms with van der Waals surface area (Å²) in [5, 5.41) is 3.34. The van der Waals surface area contributed by atoms with Crippen molar-refractivity contribution in [3.05, 3.63) is 52.9 Å². The number of rotatable bonds is 5. The largest absolute Gasteiger partial charge is 0.481 e. The summed E-state index contributed by atoms with van der Waals surface area (Å²) in [7, 11) is 1.49. The number of allylic oxidation sites excluding steroid dienone is 1. The topological polar surface area (TPSA) is 86.6 Å². The van der Waals surface area contributed by atoms with Gasteiger partial charge in [-0.25, -0.2) is 9.98 Å². The summed E-state index contributed by atoms with van der Waals surface area (Å²) in [6.45, 7) is 10.4. The predicted octanol–water partition coefficient (Wildman–Crippen LogP) is 2.70. The van der Waals surface area contributed by atoms with Crippen LogP contribution in [0.1, 0.15) is 29.3 Å². The van der Waals surface area contributed by atoms with Gasteiger partial charge in [0.15, 0.2) is 0 Å². The van der Waals surface area contributed by atoms with Crippen LogP contribution in [0.25, 0.3) is 0 Å². The molecule has 0 aromatic heterocycles. The lowest BCUT2D eigenvalue weighted by Gasteiger charge is -2.18. The van der Waals surface area contributed by atoms with E-state index < -0.39 is 0 Å². The van der Waals surface area contributed by atoms with Crippen molar-refractivity contribution in [3.8, 4) is 0 Å². The number of guanidine groups is 1. The van der Waals surface area contributed by atoms with E-state index in [0.717, 1.165) is 17.7 Å². The maximum Gasteiger partial charge on any atom is 0.253 e. The number of amides is 2. The molecular formula is C22H26ClN5O3. The first-order valence-corrected chi connectivity index (χ1v) is 10.3. The van der Waals surface area contributed by atoms with Crippen molar-refractivity contribution in [2.75, 3.05) is 31.6 Å². The third-order valence-electron chi connectivity index (χ3n) is 5.31. The van der Waals surface area contributed by atoms with Crippen molar-refractivity contribution in [2.24, 2.45) is 9.98 Å². The average molecular weight is 444 g/mol. The first kappa shape index (κ1) is 22.6. The Labute approximate surface area is 186 Å². The Balaban J connectivity index is 1.68. The number of hydrogen-bond donors (Lipinski definition) is 1. The normalized spacial score (nSPS) is 18.9. The molecule has 1 atom stereocenters. The Hall–Kier alpha value is -3.13. The summed E-state index contributed by atoms with van der Waals surface area (Å²) < 4.78 is 5.17. The van der Waals surface area contributed by atoms with Crippen LogP contribution in [-0.4, -0.2) is 62.2 Å². The van der Waals surface area contributed by atoms with E-state index in [2.05, 4.69) is 28.6 Å². The second kappa shape index (κ2) is 9.78. The highest BCUT2D eigenvalue weighted by Crippen LogP contribution is 2.30. The zero-order valence-corrected chi connectivity index (χ0v) is 18.5. The van der Waals surface area contributed by atoms with E-state index in [4.69, 9.17) is 16.3 Å². The Morgan fingerprint density at radius 3 is 2.77 bits per heavy atom. The number of benzene rings is 1. The number of ether oxygens (including phenoxy) is 1. The molecule has 0 spiro atoms. The number of carbonyl (C=O) groups excluding carboxylic acids is 2. The lowest BCUT2D eigenvalue weighted by atomic mass is 10.1. The highest BCUT2D eigenvalue weighted by Gasteiger charge is 2.29. The number of nitrogens with zero attached hydrogens (tertiary/aromatic N) is 4. The second-order valence-corrected chi connectivity index (χ2v) is 7.85. The third kappa shape index (κ3) is 4.96. The van der Waals surface area contributed by atoms with Crippen LogP contribution in [0.3, 0.4) is 0 Å². The van der Waals surface area contributed by atoms with Crippen molar-refractivity contribution in [2.45, 2.75) is 25.8 Å². The van der Waals surface area contributed by atoms with Crippen molar-refractivity contribution < 1.29 is 14.3 Å². The fraction of sp³-hybridized carbons (Fsp3) is 0.364. The highest BCUT2D eigenvalue weighted by molar-refractivity contribution is 6.29. The number of anilines is 1. The van der Waals surface area contributed by atoms with Crippen LogP contribution in [0.4, 0.5) is 5.69 Å². The minimum atomic E-state index is -0.130. The van der Waals surface area contributed by atoms with Crippen molar-refractivity contribution in [1.29, 1.82) is 0 Å². The van der Waals surface area contributed by atoms with Gasteiger partial charge >= 0.3 is 0 Å². The maximum absolute atomic E-state index is 13.0. The summed E-state index contributed by atoms with van der Waals surface area (Å²) in [4.78, 5) is 36.9. The molecule has 2 heterocycles. The number of carbonyl (C=O) groups is 2. The van der Waals surface area contributed by atoms with E-state index in [1.165, 1.54) is 13.2 Å². The van der Waals surface area contributed by atoms with Gasteiger partial charge in [0.2, 0.25) is 17.7 Å². The number of nitrogens with one attached hydrogen (secondary N) is 1. The van der Waals surface area contributed by atoms with Crippen LogP contribution in [0.5, 0.6) is 0 Å². The number of methoxy groups -OCH3 is 1. The summed E-state index contributed by atoms with van der Waals surface area (Å²) in [5.41, 5.74) is 2.45. The molecule has 0 radical (unpaired) electrons. The van der Waals surface area contributed by atoms with Crippen molar-refractivity contribution in [1.82, 2.24) is 10.2 Å². The van der Waals surface area contributed by atoms with Gasteiger partial charge in [-0.15, -0.1) is 0 Å². The molecule has 1 saturated heterocycles. The maximum atomic E-state index is 13.0. The monoisotopic (exact) mass is 443 g/mol. The first-order valence-electron chi connectivity index (χ1n) is 9.96. The zero-order valence-electron chi connectivity index (χ0n) is 17.7. The van der Waals surface area contributed by atoms with Crippen LogP contribution < -0.4 is 10.2 Å². The molecule has 2 aliphatic heterocycles. The fourth-order valence-corrected chi connectivity index (χ4v) is 3.88. The SMILES string of the molecule is C=CC(=O)N1CCc2cc(C(=O)N3CC[C@@H](N=C(N=C)N/C(OC)=C(\C)Cl)C3)ccc21. The van der Waals surface area contributed by atoms with Crippen LogP contribution in [0.2, 0.25) is 0 Å². The van der Waals surface area contributed by atoms with E-state index >= 15 is 0 Å². The smallest absolute Gasteiger partial charge is 0.253 e. The Morgan fingerprint density at radius 1 is 1.35 bits per heavy atom. The summed E-state index contributed by atoms with van der Waals surface area (Å²) >= 11 is 5.96. The minimum absolute atomic E-state index is 0.0517. The molecule has 0 aliphatic carbocycles. The molecule has 3 rings (SSSR count). The predicted molar refractivity (Wildman–Crippen MR) is 123 cm³/mol. The van der Waals surface area contributed by atoms with Crippen molar-refractivity contribution >= 4 is 41.8 Å². The van der Waals surface area contributed by atoms with E-state index in [1.807, 2.05) is 12.1 Å². The Morgan fingerprint density at radius 2 is 2.13 bits per heavy atom. The van der Waals surface area contributed by atoms with Gasteiger partial charge in [-0.05, 0) is 56.3 Å². The average Bonchev–Trinajstić information content (AvgIpc) is 3.41. The zero-order chi connectivity index (χ0) is 22.5. The molecule has 31 heavy (non-hydrogen) atoms. The van der Waals surface area contributed by atoms with Crippen LogP contribution in [-0.2, 0) is 16.0 Å². The van der Waals surface area contributed by atoms with Gasteiger partial charge in [0.05, 0.1) is 18.2 Å². The molecule has 0 saturated carbocycles. The fourth-order valence-electron chi connectivity index (χ4n) is 3.75. The number of halogens is 1. The number of hydrogen-bond acceptors (Lipinski definition) is 4. The van der Waals surface area contributed by atoms with E-state index in [-0.39, 0.29) is 17.9 Å². The van der Waals surface area contributed by atoms with Gasteiger partial charge in [0.25, 0.3) is 5.91 Å². The van der Waals surface area contributed by atoms with Gasteiger partial charge in [-0.1, -0.05) is 18.2 Å². The number of fused-ring (bicyclic) bond motifs is 1. The van der Waals surface area contributed by atoms with Crippen LogP contribution in [0, 0.1) is 0 Å². The van der Waals surface area contributed by atoms with Crippen LogP contribution >= 0.6 is 11.6 Å². The Bertz CT molecular complexity index is 968. The highest BCUT2D eigenvalue weighted by atomic mass is 35.5. The molecule has 0 unspecified atom stereocenters. The quantitative estimate of drug-likeness (QED) is 0.328. The van der Waals surface area contributed by atoms with Crippen LogP contribution in [0.15, 0.2) is 51.8 Å². The molecule has 2 aliphatic rings. The van der Waals surface area contributed by atoms with Gasteiger partial charge in [0.1, 0.15) is 0 Å². The molecule has 164 valence electrons. The standard InChI is InChI=1S/C22H26ClN5O3/c1-5-19(29)28-11-8-15-12-16(6-7-18(15)28)21(30)27-10-9-17(13-27)25-22(24-3)26-20(31-4)14(2)23/h5-7,12,17H,1,3,8-11,13H2,2,4H3,(H,25,26)/b20-14-/t17-/m1/s1. The third-order valence-corrected chi connectivity index (χ3v) is 5.48. The molecule has 1 N–H and O–H groups in total. The van der Waals surface area contributed by atoms with Gasteiger partial charge in [-0.3, -0.25) is 14.9 Å². The Kier molecular flexibility index (Phi) is 7.12. The molecule has 8 nitrogen and oxygen atoms in total. The molecule has 1 aromatic carbocycles. The van der Waals surface area contributed by atoms with E-state index in [0.29, 0.717) is 48.5 Å². The van der Waals surface area contributed by atoms with E-state index in [1.54, 1.807) is 22.8 Å². The second-order valence-electron chi connectivity index (χ2n) is 7.28. The summed E-state index contributed by atoms with van der Waals surface area (Å²) in [5.74, 6) is 0.458. The molecule has 1 fully saturated rings. The molecule has 0 bridgehead atoms. The number of aliphatic imine (C=N–C) groups is 2. The molecular weight excluding hydrogens is 418 g/mol. The molecule has 1 aromatic rings. The van der Waals surface area contributed by atoms with Gasteiger partial charge in [-0.2, -0.15) is 0 Å². The number of likely N-dealkylation sites (tertiary alicyclic amines) is 1. The molecule has 2 amide bonds. The lowest BCUT2D eigenvalue weighted by molar-refractivity contribution is -0.114. The molecule has 9 heteroatoms. The van der Waals surface area contributed by atoms with Gasteiger partial charge < -0.3 is 14.5 Å². The lowest BCUT2D eigenvalue weighted by Crippen LogP contribution is -2.30. The van der Waals surface area contributed by atoms with E-state index in [9.17, 15) is 9.59 Å².